The molecule has 1 rings (SSSR count). The second-order valence-corrected chi connectivity index (χ2v) is 7.02. The molecule has 7 heteroatoms. The Hall–Kier alpha value is -1.36. The van der Waals surface area contributed by atoms with Crippen molar-refractivity contribution in [3.63, 3.8) is 0 Å². The van der Waals surface area contributed by atoms with Gasteiger partial charge in [0.1, 0.15) is 6.54 Å². The third kappa shape index (κ3) is 3.10. The predicted molar refractivity (Wildman–Crippen MR) is 69.0 cm³/mol. The van der Waals surface area contributed by atoms with Gasteiger partial charge in [-0.2, -0.15) is 4.31 Å². The van der Waals surface area contributed by atoms with Crippen LogP contribution >= 0.6 is 11.3 Å². The van der Waals surface area contributed by atoms with Crippen molar-refractivity contribution in [2.45, 2.75) is 18.7 Å². The van der Waals surface area contributed by atoms with Gasteiger partial charge >= 0.3 is 5.97 Å². The fourth-order valence-electron chi connectivity index (χ4n) is 1.48. The molecule has 0 radical (unpaired) electrons. The summed E-state index contributed by atoms with van der Waals surface area (Å²) < 4.78 is 25.3. The Morgan fingerprint density at radius 2 is 2.17 bits per heavy atom. The van der Waals surface area contributed by atoms with Gasteiger partial charge in [-0.25, -0.2) is 8.42 Å². The fourth-order valence-corrected chi connectivity index (χ4v) is 4.31. The number of thiophene rings is 1. The van der Waals surface area contributed by atoms with E-state index in [9.17, 15) is 13.2 Å². The number of sulfonamides is 1. The second-order valence-electron chi connectivity index (χ2n) is 3.65. The van der Waals surface area contributed by atoms with Crippen LogP contribution < -0.4 is 0 Å². The van der Waals surface area contributed by atoms with Gasteiger partial charge in [-0.1, -0.05) is 5.92 Å². The van der Waals surface area contributed by atoms with E-state index in [0.29, 0.717) is 4.88 Å². The van der Waals surface area contributed by atoms with E-state index >= 15 is 0 Å². The number of nitrogens with zero attached hydrogens (tertiary/aromatic N) is 1. The normalized spacial score (nSPS) is 11.4. The molecular formula is C11H13NO4S2. The third-order valence-electron chi connectivity index (χ3n) is 2.19. The van der Waals surface area contributed by atoms with Crippen molar-refractivity contribution in [3.05, 3.63) is 15.8 Å². The SMILES string of the molecule is C#CCN(CC(=O)O)S(=O)(=O)c1cc(C)sc1C. The predicted octanol–water partition coefficient (Wildman–Crippen LogP) is 1.07. The first-order valence-corrected chi connectivity index (χ1v) is 7.27. The molecule has 18 heavy (non-hydrogen) atoms. The maximum absolute atomic E-state index is 12.3. The molecule has 5 nitrogen and oxygen atoms in total. The van der Waals surface area contributed by atoms with Crippen LogP contribution in [0.2, 0.25) is 0 Å². The number of aliphatic carboxylic acids is 1. The van der Waals surface area contributed by atoms with Crippen molar-refractivity contribution >= 4 is 27.3 Å². The zero-order valence-electron chi connectivity index (χ0n) is 10.0. The third-order valence-corrected chi connectivity index (χ3v) is 5.21. The molecule has 0 bridgehead atoms. The quantitative estimate of drug-likeness (QED) is 0.822. The van der Waals surface area contributed by atoms with E-state index in [1.807, 2.05) is 0 Å². The molecule has 0 fully saturated rings. The Morgan fingerprint density at radius 1 is 1.56 bits per heavy atom. The summed E-state index contributed by atoms with van der Waals surface area (Å²) >= 11 is 1.35. The lowest BCUT2D eigenvalue weighted by Gasteiger charge is -2.17. The lowest BCUT2D eigenvalue weighted by Crippen LogP contribution is -2.36. The first-order valence-electron chi connectivity index (χ1n) is 5.01. The average Bonchev–Trinajstić information content (AvgIpc) is 2.57. The molecule has 0 aliphatic rings. The number of carboxylic acid groups (broad SMARTS) is 1. The standard InChI is InChI=1S/C11H13NO4S2/c1-4-5-12(7-11(13)14)18(15,16)10-6-8(2)17-9(10)3/h1,6H,5,7H2,2-3H3,(H,13,14). The number of terminal acetylenes is 1. The largest absolute Gasteiger partial charge is 0.480 e. The summed E-state index contributed by atoms with van der Waals surface area (Å²) in [5.41, 5.74) is 0. The average molecular weight is 287 g/mol. The van der Waals surface area contributed by atoms with Crippen LogP contribution in [0.3, 0.4) is 0 Å². The minimum atomic E-state index is -3.85. The van der Waals surface area contributed by atoms with Crippen LogP contribution in [0, 0.1) is 26.2 Å². The maximum atomic E-state index is 12.3. The summed E-state index contributed by atoms with van der Waals surface area (Å²) in [5, 5.41) is 8.72. The number of carbonyl (C=O) groups is 1. The van der Waals surface area contributed by atoms with E-state index in [1.165, 1.54) is 17.4 Å². The van der Waals surface area contributed by atoms with Crippen molar-refractivity contribution in [3.8, 4) is 12.3 Å². The van der Waals surface area contributed by atoms with E-state index in [4.69, 9.17) is 11.5 Å². The Morgan fingerprint density at radius 3 is 2.56 bits per heavy atom. The second kappa shape index (κ2) is 5.52. The number of hydrogen-bond acceptors (Lipinski definition) is 4. The van der Waals surface area contributed by atoms with Gasteiger partial charge in [0.05, 0.1) is 11.4 Å². The minimum Gasteiger partial charge on any atom is -0.480 e. The molecule has 0 atom stereocenters. The van der Waals surface area contributed by atoms with Crippen LogP contribution in [0.1, 0.15) is 9.75 Å². The summed E-state index contributed by atoms with van der Waals surface area (Å²) in [6.45, 7) is 2.57. The Bertz CT molecular complexity index is 595. The van der Waals surface area contributed by atoms with Crippen LogP contribution in [0.15, 0.2) is 11.0 Å². The van der Waals surface area contributed by atoms with Gasteiger partial charge in [0, 0.05) is 9.75 Å². The van der Waals surface area contributed by atoms with E-state index in [1.54, 1.807) is 13.8 Å². The summed E-state index contributed by atoms with van der Waals surface area (Å²) in [7, 11) is -3.85. The minimum absolute atomic E-state index is 0.126. The molecule has 1 aromatic rings. The summed E-state index contributed by atoms with van der Waals surface area (Å²) in [6, 6.07) is 1.53. The molecule has 0 saturated carbocycles. The van der Waals surface area contributed by atoms with Crippen molar-refractivity contribution < 1.29 is 18.3 Å². The highest BCUT2D eigenvalue weighted by Crippen LogP contribution is 2.27. The molecule has 0 aromatic carbocycles. The molecule has 0 aliphatic heterocycles. The first kappa shape index (κ1) is 14.7. The molecule has 1 heterocycles. The summed E-state index contributed by atoms with van der Waals surface area (Å²) in [6.07, 6.45) is 5.08. The Kier molecular flexibility index (Phi) is 4.51. The molecule has 1 N–H and O–H groups in total. The van der Waals surface area contributed by atoms with Crippen LogP contribution in [0.25, 0.3) is 0 Å². The smallest absolute Gasteiger partial charge is 0.318 e. The number of rotatable bonds is 5. The van der Waals surface area contributed by atoms with Gasteiger partial charge in [0.15, 0.2) is 0 Å². The lowest BCUT2D eigenvalue weighted by atomic mass is 10.4. The van der Waals surface area contributed by atoms with Crippen LogP contribution in [0.4, 0.5) is 0 Å². The van der Waals surface area contributed by atoms with Crippen LogP contribution in [0.5, 0.6) is 0 Å². The highest BCUT2D eigenvalue weighted by molar-refractivity contribution is 7.89. The molecule has 0 aliphatic carbocycles. The number of aryl methyl sites for hydroxylation is 2. The van der Waals surface area contributed by atoms with Gasteiger partial charge in [-0.05, 0) is 19.9 Å². The molecular weight excluding hydrogens is 274 g/mol. The van der Waals surface area contributed by atoms with Crippen molar-refractivity contribution in [1.29, 1.82) is 0 Å². The fraction of sp³-hybridized carbons (Fsp3) is 0.364. The van der Waals surface area contributed by atoms with Gasteiger partial charge in [-0.3, -0.25) is 4.79 Å². The molecule has 0 saturated heterocycles. The summed E-state index contributed by atoms with van der Waals surface area (Å²) in [5.74, 6) is 0.925. The Balaban J connectivity index is 3.21. The summed E-state index contributed by atoms with van der Waals surface area (Å²) in [4.78, 5) is 12.3. The van der Waals surface area contributed by atoms with Crippen LogP contribution in [-0.4, -0.2) is 36.9 Å². The molecule has 0 unspecified atom stereocenters. The molecule has 0 amide bonds. The van der Waals surface area contributed by atoms with E-state index < -0.39 is 22.5 Å². The van der Waals surface area contributed by atoms with Gasteiger partial charge in [0.25, 0.3) is 0 Å². The molecule has 1 aromatic heterocycles. The maximum Gasteiger partial charge on any atom is 0.318 e. The van der Waals surface area contributed by atoms with Gasteiger partial charge in [0.2, 0.25) is 10.0 Å². The van der Waals surface area contributed by atoms with Gasteiger partial charge < -0.3 is 5.11 Å². The monoisotopic (exact) mass is 287 g/mol. The van der Waals surface area contributed by atoms with Gasteiger partial charge in [-0.15, -0.1) is 17.8 Å². The number of hydrogen-bond donors (Lipinski definition) is 1. The first-order chi connectivity index (χ1) is 8.28. The zero-order chi connectivity index (χ0) is 13.9. The van der Waals surface area contributed by atoms with E-state index in [0.717, 1.165) is 9.18 Å². The van der Waals surface area contributed by atoms with E-state index in [-0.39, 0.29) is 11.4 Å². The highest BCUT2D eigenvalue weighted by Gasteiger charge is 2.28. The highest BCUT2D eigenvalue weighted by atomic mass is 32.2. The van der Waals surface area contributed by atoms with Crippen molar-refractivity contribution in [2.75, 3.05) is 13.1 Å². The topological polar surface area (TPSA) is 74.7 Å². The van der Waals surface area contributed by atoms with Crippen molar-refractivity contribution in [2.24, 2.45) is 0 Å². The van der Waals surface area contributed by atoms with Crippen LogP contribution in [-0.2, 0) is 14.8 Å². The van der Waals surface area contributed by atoms with E-state index in [2.05, 4.69) is 5.92 Å². The Labute approximate surface area is 110 Å². The van der Waals surface area contributed by atoms with Crippen molar-refractivity contribution in [1.82, 2.24) is 4.31 Å². The molecule has 98 valence electrons. The number of carboxylic acids is 1. The molecule has 0 spiro atoms. The lowest BCUT2D eigenvalue weighted by molar-refractivity contribution is -0.137. The zero-order valence-corrected chi connectivity index (χ0v) is 11.6.